The quantitative estimate of drug-likeness (QED) is 0.687. The van der Waals surface area contributed by atoms with Gasteiger partial charge in [-0.1, -0.05) is 44.5 Å². The SMILES string of the molecule is CCCNC(CCC(C)C)c1cccc(Br)c1Cl. The highest BCUT2D eigenvalue weighted by molar-refractivity contribution is 9.10. The number of hydrogen-bond donors (Lipinski definition) is 1. The average molecular weight is 333 g/mol. The Hall–Kier alpha value is -0.0500. The third kappa shape index (κ3) is 4.91. The van der Waals surface area contributed by atoms with Crippen molar-refractivity contribution in [1.29, 1.82) is 0 Å². The molecule has 0 heterocycles. The highest BCUT2D eigenvalue weighted by Crippen LogP contribution is 2.32. The average Bonchev–Trinajstić information content (AvgIpc) is 2.33. The van der Waals surface area contributed by atoms with Gasteiger partial charge in [0.05, 0.1) is 5.02 Å². The third-order valence-corrected chi connectivity index (χ3v) is 4.34. The van der Waals surface area contributed by atoms with Crippen LogP contribution in [0.4, 0.5) is 0 Å². The van der Waals surface area contributed by atoms with E-state index in [1.807, 2.05) is 6.07 Å². The van der Waals surface area contributed by atoms with Gasteiger partial charge in [0.1, 0.15) is 0 Å². The Morgan fingerprint density at radius 1 is 1.28 bits per heavy atom. The van der Waals surface area contributed by atoms with Gasteiger partial charge in [0.25, 0.3) is 0 Å². The van der Waals surface area contributed by atoms with Gasteiger partial charge in [-0.2, -0.15) is 0 Å². The predicted octanol–water partition coefficient (Wildman–Crippen LogP) is 5.58. The molecule has 0 spiro atoms. The Balaban J connectivity index is 2.83. The second-order valence-corrected chi connectivity index (χ2v) is 6.35. The third-order valence-electron chi connectivity index (χ3n) is 3.03. The molecule has 0 aliphatic rings. The van der Waals surface area contributed by atoms with E-state index in [-0.39, 0.29) is 0 Å². The highest BCUT2D eigenvalue weighted by Gasteiger charge is 2.15. The maximum atomic E-state index is 6.40. The fourth-order valence-electron chi connectivity index (χ4n) is 1.98. The molecule has 1 unspecified atom stereocenters. The van der Waals surface area contributed by atoms with Crippen LogP contribution in [0.5, 0.6) is 0 Å². The fraction of sp³-hybridized carbons (Fsp3) is 0.600. The highest BCUT2D eigenvalue weighted by atomic mass is 79.9. The molecular weight excluding hydrogens is 310 g/mol. The lowest BCUT2D eigenvalue weighted by Gasteiger charge is -2.21. The lowest BCUT2D eigenvalue weighted by Crippen LogP contribution is -2.23. The zero-order valence-corrected chi connectivity index (χ0v) is 13.8. The van der Waals surface area contributed by atoms with E-state index >= 15 is 0 Å². The normalized spacial score (nSPS) is 13.0. The monoisotopic (exact) mass is 331 g/mol. The van der Waals surface area contributed by atoms with E-state index in [2.05, 4.69) is 54.2 Å². The molecule has 0 saturated carbocycles. The minimum Gasteiger partial charge on any atom is -0.310 e. The summed E-state index contributed by atoms with van der Waals surface area (Å²) in [5, 5.41) is 4.45. The molecular formula is C15H23BrClN. The maximum absolute atomic E-state index is 6.40. The van der Waals surface area contributed by atoms with E-state index in [1.54, 1.807) is 0 Å². The van der Waals surface area contributed by atoms with Crippen LogP contribution in [0.25, 0.3) is 0 Å². The van der Waals surface area contributed by atoms with Gasteiger partial charge in [0, 0.05) is 10.5 Å². The van der Waals surface area contributed by atoms with Crippen LogP contribution < -0.4 is 5.32 Å². The Kier molecular flexibility index (Phi) is 7.28. The van der Waals surface area contributed by atoms with Gasteiger partial charge in [-0.05, 0) is 59.3 Å². The zero-order chi connectivity index (χ0) is 13.5. The molecule has 0 bridgehead atoms. The summed E-state index contributed by atoms with van der Waals surface area (Å²) in [6.45, 7) is 7.75. The van der Waals surface area contributed by atoms with Crippen molar-refractivity contribution in [3.63, 3.8) is 0 Å². The number of halogens is 2. The van der Waals surface area contributed by atoms with Gasteiger partial charge in [-0.3, -0.25) is 0 Å². The van der Waals surface area contributed by atoms with Crippen LogP contribution in [-0.4, -0.2) is 6.54 Å². The molecule has 0 aliphatic carbocycles. The summed E-state index contributed by atoms with van der Waals surface area (Å²) in [6, 6.07) is 6.53. The molecule has 1 aromatic carbocycles. The van der Waals surface area contributed by atoms with Crippen LogP contribution in [0, 0.1) is 5.92 Å². The zero-order valence-electron chi connectivity index (χ0n) is 11.5. The Morgan fingerprint density at radius 2 is 2.00 bits per heavy atom. The number of rotatable bonds is 7. The minimum atomic E-state index is 0.359. The van der Waals surface area contributed by atoms with Gasteiger partial charge in [0.2, 0.25) is 0 Å². The molecule has 1 rings (SSSR count). The molecule has 3 heteroatoms. The Morgan fingerprint density at radius 3 is 2.61 bits per heavy atom. The van der Waals surface area contributed by atoms with Gasteiger partial charge in [-0.15, -0.1) is 0 Å². The molecule has 1 aromatic rings. The van der Waals surface area contributed by atoms with Crippen LogP contribution in [0.2, 0.25) is 5.02 Å². The van der Waals surface area contributed by atoms with Crippen LogP contribution in [0.1, 0.15) is 51.6 Å². The summed E-state index contributed by atoms with van der Waals surface area (Å²) in [5.74, 6) is 0.724. The Labute approximate surface area is 124 Å². The lowest BCUT2D eigenvalue weighted by molar-refractivity contribution is 0.440. The second-order valence-electron chi connectivity index (χ2n) is 5.12. The number of nitrogens with one attached hydrogen (secondary N) is 1. The van der Waals surface area contributed by atoms with Gasteiger partial charge >= 0.3 is 0 Å². The van der Waals surface area contributed by atoms with Crippen molar-refractivity contribution in [2.45, 2.75) is 46.1 Å². The maximum Gasteiger partial charge on any atom is 0.0595 e. The molecule has 1 nitrogen and oxygen atoms in total. The first kappa shape index (κ1) is 16.0. The first-order valence-corrected chi connectivity index (χ1v) is 7.90. The van der Waals surface area contributed by atoms with E-state index < -0.39 is 0 Å². The van der Waals surface area contributed by atoms with E-state index in [9.17, 15) is 0 Å². The van der Waals surface area contributed by atoms with Crippen molar-refractivity contribution in [1.82, 2.24) is 5.32 Å². The Bertz CT molecular complexity index is 366. The smallest absolute Gasteiger partial charge is 0.0595 e. The van der Waals surface area contributed by atoms with E-state index in [0.29, 0.717) is 6.04 Å². The summed E-state index contributed by atoms with van der Waals surface area (Å²) >= 11 is 9.90. The van der Waals surface area contributed by atoms with Crippen molar-refractivity contribution < 1.29 is 0 Å². The molecule has 0 saturated heterocycles. The lowest BCUT2D eigenvalue weighted by atomic mass is 9.97. The summed E-state index contributed by atoms with van der Waals surface area (Å²) in [6.07, 6.45) is 3.49. The summed E-state index contributed by atoms with van der Waals surface area (Å²) in [4.78, 5) is 0. The molecule has 0 fully saturated rings. The molecule has 0 aromatic heterocycles. The largest absolute Gasteiger partial charge is 0.310 e. The molecule has 0 radical (unpaired) electrons. The van der Waals surface area contributed by atoms with Crippen molar-refractivity contribution in [3.05, 3.63) is 33.3 Å². The standard InChI is InChI=1S/C15H23BrClN/c1-4-10-18-14(9-8-11(2)3)12-6-5-7-13(16)15(12)17/h5-7,11,14,18H,4,8-10H2,1-3H3. The minimum absolute atomic E-state index is 0.359. The second kappa shape index (κ2) is 8.19. The molecule has 1 atom stereocenters. The van der Waals surface area contributed by atoms with Crippen molar-refractivity contribution >= 4 is 27.5 Å². The molecule has 18 heavy (non-hydrogen) atoms. The summed E-state index contributed by atoms with van der Waals surface area (Å²) in [5.41, 5.74) is 1.21. The first-order valence-electron chi connectivity index (χ1n) is 6.73. The van der Waals surface area contributed by atoms with Crippen molar-refractivity contribution in [2.75, 3.05) is 6.54 Å². The van der Waals surface area contributed by atoms with E-state index in [1.165, 1.54) is 12.0 Å². The predicted molar refractivity (Wildman–Crippen MR) is 84.3 cm³/mol. The van der Waals surface area contributed by atoms with Crippen LogP contribution >= 0.6 is 27.5 Å². The summed E-state index contributed by atoms with van der Waals surface area (Å²) in [7, 11) is 0. The molecule has 0 amide bonds. The van der Waals surface area contributed by atoms with E-state index in [4.69, 9.17) is 11.6 Å². The van der Waals surface area contributed by atoms with Gasteiger partial charge < -0.3 is 5.32 Å². The first-order chi connectivity index (χ1) is 8.56. The topological polar surface area (TPSA) is 12.0 Å². The van der Waals surface area contributed by atoms with Crippen LogP contribution in [0.15, 0.2) is 22.7 Å². The number of hydrogen-bond acceptors (Lipinski definition) is 1. The van der Waals surface area contributed by atoms with Crippen molar-refractivity contribution in [3.8, 4) is 0 Å². The fourth-order valence-corrected chi connectivity index (χ4v) is 2.61. The van der Waals surface area contributed by atoms with Crippen LogP contribution in [0.3, 0.4) is 0 Å². The van der Waals surface area contributed by atoms with E-state index in [0.717, 1.165) is 34.8 Å². The van der Waals surface area contributed by atoms with Gasteiger partial charge in [-0.25, -0.2) is 0 Å². The number of benzene rings is 1. The van der Waals surface area contributed by atoms with Crippen molar-refractivity contribution in [2.24, 2.45) is 5.92 Å². The van der Waals surface area contributed by atoms with Gasteiger partial charge in [0.15, 0.2) is 0 Å². The molecule has 0 aliphatic heterocycles. The molecule has 1 N–H and O–H groups in total. The molecule has 102 valence electrons. The van der Waals surface area contributed by atoms with Crippen LogP contribution in [-0.2, 0) is 0 Å². The summed E-state index contributed by atoms with van der Waals surface area (Å²) < 4.78 is 0.981.